The summed E-state index contributed by atoms with van der Waals surface area (Å²) < 4.78 is 0. The number of hydrogen-bond acceptors (Lipinski definition) is 1. The van der Waals surface area contributed by atoms with E-state index in [9.17, 15) is 0 Å². The molecule has 33 heavy (non-hydrogen) atoms. The van der Waals surface area contributed by atoms with Gasteiger partial charge in [0, 0.05) is 0 Å². The van der Waals surface area contributed by atoms with Crippen LogP contribution in [0.3, 0.4) is 0 Å². The Hall–Kier alpha value is 5.29. The summed E-state index contributed by atoms with van der Waals surface area (Å²) in [5, 5.41) is 9.57. The number of hydrogen-bond donors (Lipinski definition) is 0. The number of nitrogens with zero attached hydrogens (tertiary/aromatic N) is 1. The fourth-order valence-corrected chi connectivity index (χ4v) is 0.207. The molecule has 0 rings (SSSR count). The van der Waals surface area contributed by atoms with Crippen molar-refractivity contribution in [1.82, 2.24) is 0 Å². The number of rotatable bonds is 1. The Morgan fingerprint density at radius 2 is 0.455 bits per heavy atom. The van der Waals surface area contributed by atoms with Crippen molar-refractivity contribution in [2.24, 2.45) is 0 Å². The highest BCUT2D eigenvalue weighted by atomic mass is 35.6. The van der Waals surface area contributed by atoms with Crippen molar-refractivity contribution in [3.05, 3.63) is 0 Å². The minimum absolute atomic E-state index is 0.194. The Kier molecular flexibility index (Phi) is 266. The van der Waals surface area contributed by atoms with Crippen molar-refractivity contribution >= 4 is 232 Å². The highest BCUT2D eigenvalue weighted by Gasteiger charge is 1.91. The Morgan fingerprint density at radius 3 is 0.455 bits per heavy atom. The van der Waals surface area contributed by atoms with Crippen LogP contribution in [-0.4, -0.2) is 52.9 Å². The third-order valence-electron chi connectivity index (χ3n) is 0.246. The third-order valence-corrected chi connectivity index (χ3v) is 0.554. The van der Waals surface area contributed by atoms with Gasteiger partial charge in [-0.3, -0.25) is 0 Å². The van der Waals surface area contributed by atoms with Crippen LogP contribution in [0.2, 0.25) is 0 Å². The fourth-order valence-electron chi connectivity index (χ4n) is 0.0690. The molecule has 0 aromatic rings. The predicted octanol–water partition coefficient (Wildman–Crippen LogP) is 14.5. The lowest BCUT2D eigenvalue weighted by molar-refractivity contribution is 1.16. The molecule has 21 heteroatoms. The van der Waals surface area contributed by atoms with Gasteiger partial charge in [0.25, 0.3) is 0 Å². The summed E-state index contributed by atoms with van der Waals surface area (Å²) in [7, 11) is 0. The standard InChI is InChI=1S/C3H3Cl2N.9CH2Cl2/c4-3(5)1-2-6;9*2-1-3/h3H,1H2;9*1H2. The molecular formula is C12H21Cl20N. The zero-order valence-corrected chi connectivity index (χ0v) is 31.3. The van der Waals surface area contributed by atoms with Gasteiger partial charge in [-0.1, -0.05) is 0 Å². The summed E-state index contributed by atoms with van der Waals surface area (Å²) in [6.07, 6.45) is 0.211. The van der Waals surface area contributed by atoms with E-state index in [0.29, 0.717) is 0 Å². The van der Waals surface area contributed by atoms with E-state index in [1.54, 1.807) is 6.07 Å². The van der Waals surface area contributed by atoms with Gasteiger partial charge in [0.05, 0.1) is 60.5 Å². The maximum atomic E-state index is 7.82. The van der Waals surface area contributed by atoms with Crippen LogP contribution in [0.5, 0.6) is 0 Å². The van der Waals surface area contributed by atoms with Crippen LogP contribution in [0.1, 0.15) is 6.42 Å². The molecule has 0 atom stereocenters. The van der Waals surface area contributed by atoms with Crippen LogP contribution in [-0.2, 0) is 0 Å². The molecule has 0 saturated carbocycles. The van der Waals surface area contributed by atoms with E-state index in [-0.39, 0.29) is 54.5 Å². The quantitative estimate of drug-likeness (QED) is 0.241. The van der Waals surface area contributed by atoms with Gasteiger partial charge >= 0.3 is 0 Å². The molecule has 0 aromatic heterocycles. The molecule has 0 fully saturated rings. The van der Waals surface area contributed by atoms with E-state index >= 15 is 0 Å². The molecule has 0 amide bonds. The monoisotopic (exact) mass is 879 g/mol. The minimum Gasteiger partial charge on any atom is -0.198 e. The van der Waals surface area contributed by atoms with Crippen molar-refractivity contribution in [2.45, 2.75) is 11.3 Å². The van der Waals surface area contributed by atoms with Crippen molar-refractivity contribution in [3.8, 4) is 6.07 Å². The lowest BCUT2D eigenvalue weighted by Gasteiger charge is -1.82. The van der Waals surface area contributed by atoms with E-state index < -0.39 is 4.84 Å². The topological polar surface area (TPSA) is 23.8 Å². The number of alkyl halides is 20. The van der Waals surface area contributed by atoms with Gasteiger partial charge < -0.3 is 0 Å². The predicted molar refractivity (Wildman–Crippen MR) is 175 cm³/mol. The van der Waals surface area contributed by atoms with Crippen LogP contribution in [0.4, 0.5) is 0 Å². The molecule has 0 bridgehead atoms. The van der Waals surface area contributed by atoms with Crippen LogP contribution in [0.15, 0.2) is 0 Å². The van der Waals surface area contributed by atoms with Gasteiger partial charge in [-0.15, -0.1) is 232 Å². The zero-order chi connectivity index (χ0) is 29.4. The second-order valence-corrected chi connectivity index (χ2v) is 10.2. The Morgan fingerprint density at radius 1 is 0.364 bits per heavy atom. The Balaban J connectivity index is -0.0000000226. The summed E-state index contributed by atoms with van der Waals surface area (Å²) >= 11 is 96.0. The van der Waals surface area contributed by atoms with Gasteiger partial charge in [-0.25, -0.2) is 0 Å². The first-order valence-electron chi connectivity index (χ1n) is 6.23. The van der Waals surface area contributed by atoms with Gasteiger partial charge in [-0.2, -0.15) is 5.26 Å². The fraction of sp³-hybridized carbons (Fsp3) is 0.917. The average molecular weight is 888 g/mol. The van der Waals surface area contributed by atoms with Crippen LogP contribution < -0.4 is 0 Å². The molecule has 1 nitrogen and oxygen atoms in total. The van der Waals surface area contributed by atoms with E-state index in [0.717, 1.165) is 0 Å². The molecule has 0 unspecified atom stereocenters. The molecule has 0 aliphatic carbocycles. The first kappa shape index (κ1) is 66.5. The maximum Gasteiger partial charge on any atom is 0.120 e. The van der Waals surface area contributed by atoms with Crippen LogP contribution >= 0.6 is 232 Å². The molecule has 0 aromatic carbocycles. The van der Waals surface area contributed by atoms with Crippen LogP contribution in [0, 0.1) is 11.3 Å². The molecule has 0 aliphatic rings. The molecule has 0 N–H and O–H groups in total. The molecule has 214 valence electrons. The summed E-state index contributed by atoms with van der Waals surface area (Å²) in [6, 6.07) is 1.80. The van der Waals surface area contributed by atoms with E-state index in [1.807, 2.05) is 0 Å². The first-order valence-corrected chi connectivity index (χ1v) is 16.7. The smallest absolute Gasteiger partial charge is 0.120 e. The van der Waals surface area contributed by atoms with E-state index in [1.165, 1.54) is 0 Å². The van der Waals surface area contributed by atoms with E-state index in [2.05, 4.69) is 0 Å². The van der Waals surface area contributed by atoms with Crippen molar-refractivity contribution in [3.63, 3.8) is 0 Å². The number of nitriles is 1. The highest BCUT2D eigenvalue weighted by molar-refractivity contribution is 6.44. The van der Waals surface area contributed by atoms with Crippen molar-refractivity contribution < 1.29 is 0 Å². The summed E-state index contributed by atoms with van der Waals surface area (Å²) in [6.45, 7) is 0. The molecule has 0 aliphatic heterocycles. The van der Waals surface area contributed by atoms with Crippen LogP contribution in [0.25, 0.3) is 0 Å². The molecule has 0 saturated heterocycles. The highest BCUT2D eigenvalue weighted by Crippen LogP contribution is 2.03. The second kappa shape index (κ2) is 132. The van der Waals surface area contributed by atoms with Gasteiger partial charge in [0.15, 0.2) is 0 Å². The number of halogens is 20. The lowest BCUT2D eigenvalue weighted by Crippen LogP contribution is -1.78. The van der Waals surface area contributed by atoms with Gasteiger partial charge in [0.1, 0.15) is 4.84 Å². The largest absolute Gasteiger partial charge is 0.198 e. The first-order chi connectivity index (χ1) is 15.5. The average Bonchev–Trinajstić information content (AvgIpc) is 2.67. The summed E-state index contributed by atoms with van der Waals surface area (Å²) in [5.74, 6) is 0. The van der Waals surface area contributed by atoms with Crippen molar-refractivity contribution in [1.29, 1.82) is 5.26 Å². The summed E-state index contributed by atoms with van der Waals surface area (Å²) in [4.78, 5) is -0.519. The lowest BCUT2D eigenvalue weighted by atomic mass is 10.6. The Labute approximate surface area is 298 Å². The third kappa shape index (κ3) is 676. The Bertz CT molecular complexity index is 158. The molecule has 0 heterocycles. The second-order valence-electron chi connectivity index (χ2n) is 1.66. The maximum absolute atomic E-state index is 7.82. The molecule has 0 spiro atoms. The van der Waals surface area contributed by atoms with Gasteiger partial charge in [0.2, 0.25) is 0 Å². The normalized spacial score (nSPS) is 6.42. The minimum atomic E-state index is -0.519. The summed E-state index contributed by atoms with van der Waals surface area (Å²) in [5.41, 5.74) is 0. The molecule has 0 radical (unpaired) electrons. The SMILES string of the molecule is ClCCl.ClCCl.ClCCl.ClCCl.ClCCl.ClCCl.ClCCl.ClCCl.ClCCl.N#CCC(Cl)Cl. The van der Waals surface area contributed by atoms with Gasteiger partial charge in [-0.05, 0) is 0 Å². The van der Waals surface area contributed by atoms with Crippen molar-refractivity contribution in [2.75, 3.05) is 48.1 Å². The van der Waals surface area contributed by atoms with E-state index in [4.69, 9.17) is 237 Å². The molecular weight excluding hydrogens is 867 g/mol. The zero-order valence-electron chi connectivity index (χ0n) is 16.2.